The third-order valence-corrected chi connectivity index (χ3v) is 4.66. The van der Waals surface area contributed by atoms with E-state index in [1.165, 1.54) is 5.56 Å². The number of aromatic amines is 1. The number of rotatable bonds is 3. The zero-order chi connectivity index (χ0) is 18.8. The first-order chi connectivity index (χ1) is 13.1. The zero-order valence-corrected chi connectivity index (χ0v) is 15.3. The summed E-state index contributed by atoms with van der Waals surface area (Å²) < 4.78 is 0. The first kappa shape index (κ1) is 16.9. The minimum Gasteiger partial charge on any atom is -0.322 e. The Balaban J connectivity index is 1.89. The molecule has 0 saturated heterocycles. The molecule has 0 aliphatic carbocycles. The highest BCUT2D eigenvalue weighted by Gasteiger charge is 2.19. The van der Waals surface area contributed by atoms with Gasteiger partial charge in [-0.3, -0.25) is 4.79 Å². The van der Waals surface area contributed by atoms with Crippen LogP contribution in [0.15, 0.2) is 73.1 Å². The number of hydrogen-bond donors (Lipinski definition) is 1. The molecule has 0 fully saturated rings. The van der Waals surface area contributed by atoms with Crippen LogP contribution >= 0.6 is 0 Å². The molecule has 27 heavy (non-hydrogen) atoms. The molecule has 0 atom stereocenters. The average molecular weight is 354 g/mol. The van der Waals surface area contributed by atoms with Crippen molar-refractivity contribution in [1.82, 2.24) is 4.98 Å². The van der Waals surface area contributed by atoms with Gasteiger partial charge < -0.3 is 5.32 Å². The molecule has 0 saturated carbocycles. The van der Waals surface area contributed by atoms with Crippen molar-refractivity contribution in [2.24, 2.45) is 0 Å². The van der Waals surface area contributed by atoms with Crippen LogP contribution in [0.4, 0.5) is 5.69 Å². The maximum atomic E-state index is 13.1. The van der Waals surface area contributed by atoms with Gasteiger partial charge in [0, 0.05) is 23.1 Å². The second kappa shape index (κ2) is 7.00. The van der Waals surface area contributed by atoms with Crippen LogP contribution in [0.5, 0.6) is 0 Å². The normalized spacial score (nSPS) is 10.7. The number of nitrogens with one attached hydrogen (secondary N) is 2. The lowest BCUT2D eigenvalue weighted by Gasteiger charge is -2.15. The Morgan fingerprint density at radius 2 is 1.63 bits per heavy atom. The second-order valence-corrected chi connectivity index (χ2v) is 6.59. The number of aromatic nitrogens is 2. The summed E-state index contributed by atoms with van der Waals surface area (Å²) in [6, 6.07) is 19.7. The summed E-state index contributed by atoms with van der Waals surface area (Å²) in [4.78, 5) is 20.9. The Morgan fingerprint density at radius 3 is 2.37 bits per heavy atom. The molecule has 0 aliphatic rings. The fourth-order valence-electron chi connectivity index (χ4n) is 3.26. The number of carbonyl (C=O) groups excluding carboxylic acids is 1. The van der Waals surface area contributed by atoms with Gasteiger partial charge in [0.1, 0.15) is 0 Å². The van der Waals surface area contributed by atoms with Gasteiger partial charge in [-0.1, -0.05) is 48.0 Å². The van der Waals surface area contributed by atoms with Crippen molar-refractivity contribution >= 4 is 22.5 Å². The van der Waals surface area contributed by atoms with Crippen molar-refractivity contribution < 1.29 is 9.78 Å². The van der Waals surface area contributed by atoms with Crippen molar-refractivity contribution in [2.45, 2.75) is 13.8 Å². The van der Waals surface area contributed by atoms with Gasteiger partial charge in [-0.05, 0) is 25.5 Å². The van der Waals surface area contributed by atoms with Crippen molar-refractivity contribution in [3.05, 3.63) is 89.7 Å². The van der Waals surface area contributed by atoms with Crippen molar-refractivity contribution in [3.8, 4) is 11.3 Å². The van der Waals surface area contributed by atoms with Gasteiger partial charge in [0.15, 0.2) is 12.4 Å². The number of H-pyrrole nitrogens is 1. The molecule has 132 valence electrons. The minimum absolute atomic E-state index is 0.134. The van der Waals surface area contributed by atoms with Crippen molar-refractivity contribution in [2.75, 3.05) is 5.32 Å². The van der Waals surface area contributed by atoms with Crippen LogP contribution < -0.4 is 10.3 Å². The first-order valence-electron chi connectivity index (χ1n) is 8.87. The molecule has 2 aromatic carbocycles. The zero-order valence-electron chi connectivity index (χ0n) is 15.3. The van der Waals surface area contributed by atoms with E-state index in [1.54, 1.807) is 12.4 Å². The topological polar surface area (TPSA) is 56.1 Å². The second-order valence-electron chi connectivity index (χ2n) is 6.59. The lowest BCUT2D eigenvalue weighted by atomic mass is 9.96. The number of para-hydroxylation sites is 1. The number of amides is 1. The summed E-state index contributed by atoms with van der Waals surface area (Å²) in [5.74, 6) is -0.134. The van der Waals surface area contributed by atoms with Crippen LogP contribution in [0.25, 0.3) is 22.2 Å². The van der Waals surface area contributed by atoms with Crippen LogP contribution in [0.2, 0.25) is 0 Å². The quantitative estimate of drug-likeness (QED) is 0.585. The summed E-state index contributed by atoms with van der Waals surface area (Å²) in [5.41, 5.74) is 6.12. The molecular weight excluding hydrogens is 334 g/mol. The summed E-state index contributed by atoms with van der Waals surface area (Å²) >= 11 is 0. The predicted octanol–water partition coefficient (Wildman–Crippen LogP) is 4.59. The molecule has 0 spiro atoms. The van der Waals surface area contributed by atoms with Gasteiger partial charge in [0.05, 0.1) is 22.5 Å². The van der Waals surface area contributed by atoms with E-state index in [2.05, 4.69) is 29.4 Å². The third kappa shape index (κ3) is 3.29. The average Bonchev–Trinajstić information content (AvgIpc) is 2.69. The Bertz CT molecular complexity index is 1120. The van der Waals surface area contributed by atoms with E-state index in [0.29, 0.717) is 5.56 Å². The van der Waals surface area contributed by atoms with E-state index in [-0.39, 0.29) is 5.91 Å². The SMILES string of the molecule is Cc1ccc(-c2nc3ccccc3c(C(=O)Nc3cc[nH+]cc3)c2C)cc1. The Morgan fingerprint density at radius 1 is 0.926 bits per heavy atom. The van der Waals surface area contributed by atoms with Crippen LogP contribution in [-0.4, -0.2) is 10.9 Å². The van der Waals surface area contributed by atoms with E-state index in [4.69, 9.17) is 4.98 Å². The number of aryl methyl sites for hydroxylation is 1. The van der Waals surface area contributed by atoms with Crippen molar-refractivity contribution in [1.29, 1.82) is 0 Å². The van der Waals surface area contributed by atoms with Crippen molar-refractivity contribution in [3.63, 3.8) is 0 Å². The fraction of sp³-hybridized carbons (Fsp3) is 0.0870. The summed E-state index contributed by atoms with van der Waals surface area (Å²) in [6.45, 7) is 4.02. The summed E-state index contributed by atoms with van der Waals surface area (Å²) in [7, 11) is 0. The minimum atomic E-state index is -0.134. The molecule has 0 aliphatic heterocycles. The molecule has 4 aromatic rings. The Hall–Kier alpha value is -3.53. The van der Waals surface area contributed by atoms with E-state index >= 15 is 0 Å². The highest BCUT2D eigenvalue weighted by atomic mass is 16.1. The highest BCUT2D eigenvalue weighted by Crippen LogP contribution is 2.30. The molecule has 4 heteroatoms. The third-order valence-electron chi connectivity index (χ3n) is 4.66. The molecule has 0 bridgehead atoms. The molecule has 2 heterocycles. The Labute approximate surface area is 157 Å². The molecule has 0 unspecified atom stereocenters. The smallest absolute Gasteiger partial charge is 0.256 e. The molecule has 4 rings (SSSR count). The van der Waals surface area contributed by atoms with Crippen LogP contribution in [0, 0.1) is 13.8 Å². The fourth-order valence-corrected chi connectivity index (χ4v) is 3.26. The summed E-state index contributed by atoms with van der Waals surface area (Å²) in [5, 5.41) is 3.84. The molecule has 0 radical (unpaired) electrons. The van der Waals surface area contributed by atoms with E-state index in [9.17, 15) is 4.79 Å². The van der Waals surface area contributed by atoms with Gasteiger partial charge in [0.2, 0.25) is 0 Å². The maximum Gasteiger partial charge on any atom is 0.256 e. The number of nitrogens with zero attached hydrogens (tertiary/aromatic N) is 1. The standard InChI is InChI=1S/C23H19N3O/c1-15-7-9-17(10-8-15)22-16(2)21(19-5-3-4-6-20(19)26-22)23(27)25-18-11-13-24-14-12-18/h3-14H,1-2H3,(H,24,25,27)/p+1. The number of anilines is 1. The lowest BCUT2D eigenvalue weighted by molar-refractivity contribution is -0.377. The lowest BCUT2D eigenvalue weighted by Crippen LogP contribution is -2.16. The predicted molar refractivity (Wildman–Crippen MR) is 108 cm³/mol. The number of carbonyl (C=O) groups is 1. The number of benzene rings is 2. The molecule has 2 aromatic heterocycles. The first-order valence-corrected chi connectivity index (χ1v) is 8.87. The molecule has 1 amide bonds. The molecule has 4 nitrogen and oxygen atoms in total. The van der Waals surface area contributed by atoms with E-state index in [0.717, 1.165) is 33.4 Å². The number of pyridine rings is 2. The van der Waals surface area contributed by atoms with E-state index < -0.39 is 0 Å². The molecular formula is C23H20N3O+. The number of hydrogen-bond acceptors (Lipinski definition) is 2. The van der Waals surface area contributed by atoms with Crippen LogP contribution in [0.3, 0.4) is 0 Å². The van der Waals surface area contributed by atoms with Gasteiger partial charge in [-0.25, -0.2) is 9.97 Å². The largest absolute Gasteiger partial charge is 0.322 e. The summed E-state index contributed by atoms with van der Waals surface area (Å²) in [6.07, 6.45) is 3.57. The van der Waals surface area contributed by atoms with Gasteiger partial charge in [-0.2, -0.15) is 0 Å². The highest BCUT2D eigenvalue weighted by molar-refractivity contribution is 6.14. The Kier molecular flexibility index (Phi) is 4.38. The van der Waals surface area contributed by atoms with E-state index in [1.807, 2.05) is 55.5 Å². The number of fused-ring (bicyclic) bond motifs is 1. The maximum absolute atomic E-state index is 13.1. The molecule has 2 N–H and O–H groups in total. The van der Waals surface area contributed by atoms with Gasteiger partial charge in [-0.15, -0.1) is 0 Å². The van der Waals surface area contributed by atoms with Gasteiger partial charge >= 0.3 is 0 Å². The van der Waals surface area contributed by atoms with Crippen LogP contribution in [-0.2, 0) is 0 Å². The van der Waals surface area contributed by atoms with Gasteiger partial charge in [0.25, 0.3) is 5.91 Å². The van der Waals surface area contributed by atoms with Crippen LogP contribution in [0.1, 0.15) is 21.5 Å². The monoisotopic (exact) mass is 354 g/mol.